The van der Waals surface area contributed by atoms with Gasteiger partial charge in [0.1, 0.15) is 5.75 Å². The van der Waals surface area contributed by atoms with Gasteiger partial charge < -0.3 is 16.2 Å². The van der Waals surface area contributed by atoms with Crippen LogP contribution < -0.4 is 11.1 Å². The molecule has 2 aromatic carbocycles. The molecular formula is C13H10Br2N2O2. The summed E-state index contributed by atoms with van der Waals surface area (Å²) in [6.07, 6.45) is 0. The standard InChI is InChI=1S/C13H10Br2N2O2/c14-7-1-4-12(18)9(5-7)13(19)17-8-2-3-11(16)10(15)6-8/h1-6,18H,16H2,(H,17,19). The Morgan fingerprint density at radius 2 is 1.89 bits per heavy atom. The zero-order valence-electron chi connectivity index (χ0n) is 9.65. The van der Waals surface area contributed by atoms with Crippen molar-refractivity contribution in [1.82, 2.24) is 0 Å². The van der Waals surface area contributed by atoms with Crippen LogP contribution >= 0.6 is 31.9 Å². The number of nitrogens with two attached hydrogens (primary N) is 1. The predicted molar refractivity (Wildman–Crippen MR) is 82.3 cm³/mol. The zero-order valence-corrected chi connectivity index (χ0v) is 12.8. The SMILES string of the molecule is Nc1ccc(NC(=O)c2cc(Br)ccc2O)cc1Br. The summed E-state index contributed by atoms with van der Waals surface area (Å²) in [6, 6.07) is 9.73. The Kier molecular flexibility index (Phi) is 4.11. The molecule has 0 saturated carbocycles. The Balaban J connectivity index is 2.25. The van der Waals surface area contributed by atoms with E-state index in [9.17, 15) is 9.90 Å². The Morgan fingerprint density at radius 3 is 2.58 bits per heavy atom. The Bertz CT molecular complexity index is 645. The van der Waals surface area contributed by atoms with E-state index >= 15 is 0 Å². The highest BCUT2D eigenvalue weighted by Crippen LogP contribution is 2.26. The van der Waals surface area contributed by atoms with E-state index in [4.69, 9.17) is 5.73 Å². The summed E-state index contributed by atoms with van der Waals surface area (Å²) in [5, 5.41) is 12.4. The van der Waals surface area contributed by atoms with Gasteiger partial charge in [0.05, 0.1) is 5.56 Å². The Hall–Kier alpha value is -1.53. The molecule has 4 nitrogen and oxygen atoms in total. The topological polar surface area (TPSA) is 75.3 Å². The molecule has 0 aliphatic heterocycles. The first kappa shape index (κ1) is 13.9. The second-order valence-corrected chi connectivity index (χ2v) is 5.62. The van der Waals surface area contributed by atoms with Gasteiger partial charge in [0.15, 0.2) is 0 Å². The molecule has 2 aromatic rings. The summed E-state index contributed by atoms with van der Waals surface area (Å²) in [5.74, 6) is -0.467. The van der Waals surface area contributed by atoms with Gasteiger partial charge in [0, 0.05) is 20.3 Å². The van der Waals surface area contributed by atoms with Crippen LogP contribution in [-0.4, -0.2) is 11.0 Å². The van der Waals surface area contributed by atoms with Crippen LogP contribution in [0.25, 0.3) is 0 Å². The number of aromatic hydroxyl groups is 1. The highest BCUT2D eigenvalue weighted by atomic mass is 79.9. The number of hydrogen-bond acceptors (Lipinski definition) is 3. The van der Waals surface area contributed by atoms with Gasteiger partial charge in [-0.05, 0) is 52.3 Å². The summed E-state index contributed by atoms with van der Waals surface area (Å²) < 4.78 is 1.41. The van der Waals surface area contributed by atoms with Crippen LogP contribution in [0, 0.1) is 0 Å². The minimum atomic E-state index is -0.393. The molecule has 0 aromatic heterocycles. The molecule has 0 aliphatic rings. The summed E-state index contributed by atoms with van der Waals surface area (Å²) >= 11 is 6.54. The Morgan fingerprint density at radius 1 is 1.16 bits per heavy atom. The van der Waals surface area contributed by atoms with Crippen molar-refractivity contribution in [3.05, 3.63) is 50.9 Å². The van der Waals surface area contributed by atoms with Crippen LogP contribution in [0.3, 0.4) is 0 Å². The number of carbonyl (C=O) groups excluding carboxylic acids is 1. The molecule has 0 atom stereocenters. The van der Waals surface area contributed by atoms with Gasteiger partial charge in [0.2, 0.25) is 0 Å². The van der Waals surface area contributed by atoms with Crippen molar-refractivity contribution in [2.75, 3.05) is 11.1 Å². The van der Waals surface area contributed by atoms with Gasteiger partial charge in [-0.3, -0.25) is 4.79 Å². The van der Waals surface area contributed by atoms with Gasteiger partial charge in [-0.15, -0.1) is 0 Å². The molecular weight excluding hydrogens is 376 g/mol. The van der Waals surface area contributed by atoms with Crippen LogP contribution in [0.2, 0.25) is 0 Å². The molecule has 19 heavy (non-hydrogen) atoms. The van der Waals surface area contributed by atoms with Gasteiger partial charge in [-0.1, -0.05) is 15.9 Å². The van der Waals surface area contributed by atoms with Crippen LogP contribution in [0.1, 0.15) is 10.4 Å². The highest BCUT2D eigenvalue weighted by Gasteiger charge is 2.12. The average molecular weight is 386 g/mol. The normalized spacial score (nSPS) is 10.2. The molecule has 0 aliphatic carbocycles. The largest absolute Gasteiger partial charge is 0.507 e. The van der Waals surface area contributed by atoms with Gasteiger partial charge in [-0.2, -0.15) is 0 Å². The first-order valence-electron chi connectivity index (χ1n) is 5.32. The number of carbonyl (C=O) groups is 1. The molecule has 2 rings (SSSR count). The molecule has 0 unspecified atom stereocenters. The highest BCUT2D eigenvalue weighted by molar-refractivity contribution is 9.10. The number of benzene rings is 2. The minimum Gasteiger partial charge on any atom is -0.507 e. The molecule has 0 bridgehead atoms. The average Bonchev–Trinajstić information content (AvgIpc) is 2.36. The van der Waals surface area contributed by atoms with Gasteiger partial charge in [0.25, 0.3) is 5.91 Å². The van der Waals surface area contributed by atoms with Crippen LogP contribution in [0.4, 0.5) is 11.4 Å². The van der Waals surface area contributed by atoms with E-state index in [0.717, 1.165) is 0 Å². The first-order chi connectivity index (χ1) is 8.97. The lowest BCUT2D eigenvalue weighted by atomic mass is 10.2. The molecule has 98 valence electrons. The number of amides is 1. The third-order valence-electron chi connectivity index (χ3n) is 2.46. The number of hydrogen-bond donors (Lipinski definition) is 3. The summed E-state index contributed by atoms with van der Waals surface area (Å²) in [5.41, 5.74) is 7.04. The summed E-state index contributed by atoms with van der Waals surface area (Å²) in [7, 11) is 0. The fourth-order valence-electron chi connectivity index (χ4n) is 1.49. The number of phenols is 1. The molecule has 6 heteroatoms. The Labute approximate surface area is 126 Å². The second-order valence-electron chi connectivity index (χ2n) is 3.85. The maximum Gasteiger partial charge on any atom is 0.259 e. The number of phenolic OH excluding ortho intramolecular Hbond substituents is 1. The third kappa shape index (κ3) is 3.27. The molecule has 4 N–H and O–H groups in total. The van der Waals surface area contributed by atoms with Gasteiger partial charge >= 0.3 is 0 Å². The number of nitrogens with one attached hydrogen (secondary N) is 1. The lowest BCUT2D eigenvalue weighted by Gasteiger charge is -2.08. The van der Waals surface area contributed by atoms with E-state index in [0.29, 0.717) is 20.3 Å². The van der Waals surface area contributed by atoms with E-state index < -0.39 is 5.91 Å². The van der Waals surface area contributed by atoms with Crippen LogP contribution in [0.15, 0.2) is 45.3 Å². The summed E-state index contributed by atoms with van der Waals surface area (Å²) in [4.78, 5) is 12.0. The van der Waals surface area contributed by atoms with Crippen LogP contribution in [-0.2, 0) is 0 Å². The lowest BCUT2D eigenvalue weighted by Crippen LogP contribution is -2.12. The van der Waals surface area contributed by atoms with E-state index in [-0.39, 0.29) is 11.3 Å². The number of anilines is 2. The van der Waals surface area contributed by atoms with Crippen molar-refractivity contribution >= 4 is 49.1 Å². The maximum atomic E-state index is 12.0. The third-order valence-corrected chi connectivity index (χ3v) is 3.64. The van der Waals surface area contributed by atoms with Crippen molar-refractivity contribution in [2.24, 2.45) is 0 Å². The fraction of sp³-hybridized carbons (Fsp3) is 0. The molecule has 0 fully saturated rings. The first-order valence-corrected chi connectivity index (χ1v) is 6.91. The molecule has 0 radical (unpaired) electrons. The van der Waals surface area contributed by atoms with Crippen molar-refractivity contribution in [3.8, 4) is 5.75 Å². The van der Waals surface area contributed by atoms with Gasteiger partial charge in [-0.25, -0.2) is 0 Å². The molecule has 0 spiro atoms. The zero-order chi connectivity index (χ0) is 14.0. The van der Waals surface area contributed by atoms with E-state index in [1.54, 1.807) is 30.3 Å². The quantitative estimate of drug-likeness (QED) is 0.689. The smallest absolute Gasteiger partial charge is 0.259 e. The van der Waals surface area contributed by atoms with E-state index in [1.807, 2.05) is 0 Å². The summed E-state index contributed by atoms with van der Waals surface area (Å²) in [6.45, 7) is 0. The lowest BCUT2D eigenvalue weighted by molar-refractivity contribution is 0.102. The number of rotatable bonds is 2. The number of nitrogen functional groups attached to an aromatic ring is 1. The number of halogens is 2. The van der Waals surface area contributed by atoms with Crippen molar-refractivity contribution < 1.29 is 9.90 Å². The molecule has 0 saturated heterocycles. The molecule has 1 amide bonds. The fourth-order valence-corrected chi connectivity index (χ4v) is 2.23. The maximum absolute atomic E-state index is 12.0. The van der Waals surface area contributed by atoms with Crippen molar-refractivity contribution in [2.45, 2.75) is 0 Å². The van der Waals surface area contributed by atoms with Crippen molar-refractivity contribution in [1.29, 1.82) is 0 Å². The monoisotopic (exact) mass is 384 g/mol. The molecule has 0 heterocycles. The second kappa shape index (κ2) is 5.63. The predicted octanol–water partition coefficient (Wildman–Crippen LogP) is 3.75. The van der Waals surface area contributed by atoms with Crippen molar-refractivity contribution in [3.63, 3.8) is 0 Å². The van der Waals surface area contributed by atoms with E-state index in [2.05, 4.69) is 37.2 Å². The minimum absolute atomic E-state index is 0.0739. The van der Waals surface area contributed by atoms with E-state index in [1.165, 1.54) is 6.07 Å². The van der Waals surface area contributed by atoms with Crippen LogP contribution in [0.5, 0.6) is 5.75 Å².